The first kappa shape index (κ1) is 6.40. The third kappa shape index (κ3) is 0.827. The van der Waals surface area contributed by atoms with Crippen LogP contribution in [0.4, 0.5) is 0 Å². The second-order valence-corrected chi connectivity index (χ2v) is 2.71. The van der Waals surface area contributed by atoms with Gasteiger partial charge in [0, 0.05) is 5.39 Å². The van der Waals surface area contributed by atoms with E-state index in [0.717, 1.165) is 16.7 Å². The van der Waals surface area contributed by atoms with Crippen molar-refractivity contribution < 1.29 is 4.52 Å². The zero-order chi connectivity index (χ0) is 7.84. The van der Waals surface area contributed by atoms with Gasteiger partial charge in [0.15, 0.2) is 0 Å². The normalized spacial score (nSPS) is 10.7. The van der Waals surface area contributed by atoms with Gasteiger partial charge in [-0.25, -0.2) is 0 Å². The van der Waals surface area contributed by atoms with Crippen molar-refractivity contribution in [2.45, 2.75) is 13.8 Å². The van der Waals surface area contributed by atoms with Crippen LogP contribution < -0.4 is 0 Å². The molecule has 0 unspecified atom stereocenters. The van der Waals surface area contributed by atoms with E-state index in [1.54, 1.807) is 0 Å². The number of rotatable bonds is 0. The molecule has 0 fully saturated rings. The van der Waals surface area contributed by atoms with Crippen molar-refractivity contribution in [1.29, 1.82) is 0 Å². The fourth-order valence-electron chi connectivity index (χ4n) is 1.35. The van der Waals surface area contributed by atoms with Crippen molar-refractivity contribution in [2.24, 2.45) is 0 Å². The summed E-state index contributed by atoms with van der Waals surface area (Å²) in [6.45, 7) is 3.99. The summed E-state index contributed by atoms with van der Waals surface area (Å²) >= 11 is 0. The Morgan fingerprint density at radius 1 is 1.27 bits per heavy atom. The van der Waals surface area contributed by atoms with Crippen molar-refractivity contribution in [2.75, 3.05) is 0 Å². The monoisotopic (exact) mass is 147 g/mol. The zero-order valence-corrected chi connectivity index (χ0v) is 6.59. The molecule has 1 heterocycles. The number of hydrogen-bond acceptors (Lipinski definition) is 2. The quantitative estimate of drug-likeness (QED) is 0.572. The van der Waals surface area contributed by atoms with E-state index in [1.165, 1.54) is 5.56 Å². The smallest absolute Gasteiger partial charge is 0.141 e. The number of nitrogens with zero attached hydrogens (tertiary/aromatic N) is 1. The Hall–Kier alpha value is -1.31. The number of aryl methyl sites for hydroxylation is 2. The standard InChI is InChI=1S/C9H9NO/c1-6-4-3-5-8-9(6)7(2)11-10-8/h3-5H,1-2H3. The molecular weight excluding hydrogens is 138 g/mol. The van der Waals surface area contributed by atoms with Crippen LogP contribution in [0.25, 0.3) is 10.9 Å². The van der Waals surface area contributed by atoms with E-state index in [1.807, 2.05) is 19.1 Å². The molecule has 1 aromatic heterocycles. The fraction of sp³-hybridized carbons (Fsp3) is 0.222. The van der Waals surface area contributed by atoms with Crippen molar-refractivity contribution >= 4 is 10.9 Å². The van der Waals surface area contributed by atoms with Crippen LogP contribution in [0, 0.1) is 13.8 Å². The van der Waals surface area contributed by atoms with Crippen molar-refractivity contribution in [3.8, 4) is 0 Å². The number of benzene rings is 1. The predicted molar refractivity (Wildman–Crippen MR) is 43.5 cm³/mol. The minimum absolute atomic E-state index is 0.901. The van der Waals surface area contributed by atoms with Gasteiger partial charge in [0.1, 0.15) is 11.3 Å². The Bertz CT molecular complexity index is 389. The first-order valence-corrected chi connectivity index (χ1v) is 3.60. The lowest BCUT2D eigenvalue weighted by Crippen LogP contribution is -1.74. The molecule has 0 N–H and O–H groups in total. The Kier molecular flexibility index (Phi) is 1.22. The van der Waals surface area contributed by atoms with Crippen LogP contribution in [0.1, 0.15) is 11.3 Å². The minimum atomic E-state index is 0.901. The van der Waals surface area contributed by atoms with Gasteiger partial charge in [0.2, 0.25) is 0 Å². The van der Waals surface area contributed by atoms with Gasteiger partial charge in [-0.2, -0.15) is 0 Å². The molecule has 0 radical (unpaired) electrons. The van der Waals surface area contributed by atoms with E-state index in [-0.39, 0.29) is 0 Å². The van der Waals surface area contributed by atoms with Crippen LogP contribution in [0.3, 0.4) is 0 Å². The summed E-state index contributed by atoms with van der Waals surface area (Å²) < 4.78 is 5.05. The Labute approximate surface area is 64.8 Å². The highest BCUT2D eigenvalue weighted by atomic mass is 16.5. The van der Waals surface area contributed by atoms with E-state index >= 15 is 0 Å². The van der Waals surface area contributed by atoms with Crippen LogP contribution in [0.5, 0.6) is 0 Å². The van der Waals surface area contributed by atoms with Crippen molar-refractivity contribution in [1.82, 2.24) is 5.16 Å². The van der Waals surface area contributed by atoms with Crippen LogP contribution in [0.2, 0.25) is 0 Å². The molecule has 0 bridgehead atoms. The highest BCUT2D eigenvalue weighted by molar-refractivity contribution is 5.83. The SMILES string of the molecule is Cc1cccc2noc(C)c12. The van der Waals surface area contributed by atoms with E-state index < -0.39 is 0 Å². The molecule has 2 nitrogen and oxygen atoms in total. The molecule has 0 spiro atoms. The van der Waals surface area contributed by atoms with Gasteiger partial charge in [0.25, 0.3) is 0 Å². The Morgan fingerprint density at radius 2 is 2.09 bits per heavy atom. The second-order valence-electron chi connectivity index (χ2n) is 2.71. The van der Waals surface area contributed by atoms with E-state index in [4.69, 9.17) is 4.52 Å². The summed E-state index contributed by atoms with van der Waals surface area (Å²) in [6.07, 6.45) is 0. The average molecular weight is 147 g/mol. The lowest BCUT2D eigenvalue weighted by Gasteiger charge is -1.91. The lowest BCUT2D eigenvalue weighted by molar-refractivity contribution is 0.405. The predicted octanol–water partition coefficient (Wildman–Crippen LogP) is 2.44. The highest BCUT2D eigenvalue weighted by Gasteiger charge is 2.04. The molecule has 11 heavy (non-hydrogen) atoms. The summed E-state index contributed by atoms with van der Waals surface area (Å²) in [6, 6.07) is 6.00. The molecular formula is C9H9NO. The summed E-state index contributed by atoms with van der Waals surface area (Å²) in [7, 11) is 0. The molecule has 0 saturated heterocycles. The third-order valence-electron chi connectivity index (χ3n) is 1.88. The number of aromatic nitrogens is 1. The van der Waals surface area contributed by atoms with E-state index in [9.17, 15) is 0 Å². The summed E-state index contributed by atoms with van der Waals surface area (Å²) in [5.74, 6) is 0.901. The second kappa shape index (κ2) is 2.09. The van der Waals surface area contributed by atoms with Crippen LogP contribution in [0.15, 0.2) is 22.7 Å². The molecule has 2 rings (SSSR count). The van der Waals surface area contributed by atoms with Gasteiger partial charge in [-0.1, -0.05) is 17.3 Å². The maximum absolute atomic E-state index is 5.05. The maximum atomic E-state index is 5.05. The molecule has 0 aliphatic carbocycles. The van der Waals surface area contributed by atoms with Gasteiger partial charge in [0.05, 0.1) is 0 Å². The third-order valence-corrected chi connectivity index (χ3v) is 1.88. The summed E-state index contributed by atoms with van der Waals surface area (Å²) in [4.78, 5) is 0. The van der Waals surface area contributed by atoms with Gasteiger partial charge in [-0.05, 0) is 25.5 Å². The molecule has 2 heteroatoms. The van der Waals surface area contributed by atoms with Gasteiger partial charge < -0.3 is 4.52 Å². The van der Waals surface area contributed by atoms with E-state index in [2.05, 4.69) is 18.1 Å². The maximum Gasteiger partial charge on any atom is 0.141 e. The molecule has 1 aromatic carbocycles. The lowest BCUT2D eigenvalue weighted by atomic mass is 10.1. The zero-order valence-electron chi connectivity index (χ0n) is 6.59. The molecule has 0 aliphatic heterocycles. The fourth-order valence-corrected chi connectivity index (χ4v) is 1.35. The van der Waals surface area contributed by atoms with E-state index in [0.29, 0.717) is 0 Å². The van der Waals surface area contributed by atoms with Gasteiger partial charge in [-0.15, -0.1) is 0 Å². The van der Waals surface area contributed by atoms with Crippen molar-refractivity contribution in [3.63, 3.8) is 0 Å². The first-order valence-electron chi connectivity index (χ1n) is 3.60. The Morgan fingerprint density at radius 3 is 2.82 bits per heavy atom. The molecule has 56 valence electrons. The Balaban J connectivity index is 2.96. The molecule has 0 aliphatic rings. The van der Waals surface area contributed by atoms with Crippen LogP contribution in [-0.2, 0) is 0 Å². The molecule has 0 atom stereocenters. The van der Waals surface area contributed by atoms with Crippen molar-refractivity contribution in [3.05, 3.63) is 29.5 Å². The van der Waals surface area contributed by atoms with Crippen LogP contribution in [-0.4, -0.2) is 5.16 Å². The number of hydrogen-bond donors (Lipinski definition) is 0. The molecule has 0 saturated carbocycles. The van der Waals surface area contributed by atoms with Crippen LogP contribution >= 0.6 is 0 Å². The average Bonchev–Trinajstić information content (AvgIpc) is 2.34. The first-order chi connectivity index (χ1) is 5.29. The molecule has 2 aromatic rings. The van der Waals surface area contributed by atoms with Gasteiger partial charge >= 0.3 is 0 Å². The number of fused-ring (bicyclic) bond motifs is 1. The summed E-state index contributed by atoms with van der Waals surface area (Å²) in [5.41, 5.74) is 2.17. The topological polar surface area (TPSA) is 26.0 Å². The minimum Gasteiger partial charge on any atom is -0.360 e. The highest BCUT2D eigenvalue weighted by Crippen LogP contribution is 2.20. The summed E-state index contributed by atoms with van der Waals surface area (Å²) in [5, 5.41) is 5.05. The molecule has 0 amide bonds. The van der Waals surface area contributed by atoms with Gasteiger partial charge in [-0.3, -0.25) is 0 Å². The largest absolute Gasteiger partial charge is 0.360 e.